The fourth-order valence-corrected chi connectivity index (χ4v) is 2.83. The number of nitrogens with zero attached hydrogens (tertiary/aromatic N) is 1. The molecule has 0 radical (unpaired) electrons. The number of benzene rings is 1. The molecule has 1 unspecified atom stereocenters. The summed E-state index contributed by atoms with van der Waals surface area (Å²) in [5.41, 5.74) is 2.72. The molecule has 4 heteroatoms. The van der Waals surface area contributed by atoms with E-state index in [2.05, 4.69) is 22.9 Å². The van der Waals surface area contributed by atoms with Crippen LogP contribution in [0.4, 0.5) is 0 Å². The van der Waals surface area contributed by atoms with Crippen LogP contribution in [-0.2, 0) is 27.2 Å². The Hall–Kier alpha value is -1.68. The van der Waals surface area contributed by atoms with Gasteiger partial charge in [-0.25, -0.2) is 0 Å². The monoisotopic (exact) mass is 245 g/mol. The van der Waals surface area contributed by atoms with E-state index in [1.165, 1.54) is 11.1 Å². The Labute approximate surface area is 106 Å². The maximum absolute atomic E-state index is 11.3. The Bertz CT molecular complexity index is 482. The molecule has 0 bridgehead atoms. The summed E-state index contributed by atoms with van der Waals surface area (Å²) in [5, 5.41) is 0. The van der Waals surface area contributed by atoms with E-state index in [9.17, 15) is 9.59 Å². The molecule has 0 spiro atoms. The second-order valence-electron chi connectivity index (χ2n) is 4.92. The van der Waals surface area contributed by atoms with Crippen molar-refractivity contribution in [2.45, 2.75) is 25.3 Å². The quantitative estimate of drug-likeness (QED) is 0.545. The van der Waals surface area contributed by atoms with Crippen LogP contribution in [0.2, 0.25) is 0 Å². The fourth-order valence-electron chi connectivity index (χ4n) is 2.83. The molecule has 1 aromatic rings. The van der Waals surface area contributed by atoms with Crippen molar-refractivity contribution in [2.24, 2.45) is 0 Å². The van der Waals surface area contributed by atoms with Gasteiger partial charge in [-0.2, -0.15) is 0 Å². The highest BCUT2D eigenvalue weighted by molar-refractivity contribution is 5.90. The summed E-state index contributed by atoms with van der Waals surface area (Å²) in [7, 11) is 0. The minimum absolute atomic E-state index is 0.235. The molecular weight excluding hydrogens is 230 g/mol. The molecule has 2 aliphatic rings. The number of carbonyl (C=O) groups is 2. The van der Waals surface area contributed by atoms with Crippen molar-refractivity contribution in [1.82, 2.24) is 4.90 Å². The van der Waals surface area contributed by atoms with Gasteiger partial charge < -0.3 is 4.74 Å². The van der Waals surface area contributed by atoms with E-state index in [0.717, 1.165) is 19.3 Å². The molecule has 1 fully saturated rings. The van der Waals surface area contributed by atoms with Gasteiger partial charge in [-0.05, 0) is 30.4 Å². The van der Waals surface area contributed by atoms with Crippen molar-refractivity contribution >= 4 is 11.9 Å². The molecule has 0 saturated carbocycles. The molecule has 4 nitrogen and oxygen atoms in total. The van der Waals surface area contributed by atoms with Crippen molar-refractivity contribution in [3.05, 3.63) is 35.4 Å². The van der Waals surface area contributed by atoms with Crippen LogP contribution in [-0.4, -0.2) is 36.0 Å². The zero-order valence-corrected chi connectivity index (χ0v) is 10.1. The lowest BCUT2D eigenvalue weighted by atomic mass is 9.87. The van der Waals surface area contributed by atoms with Gasteiger partial charge in [0.25, 0.3) is 0 Å². The number of esters is 2. The molecule has 1 aromatic carbocycles. The number of morpholine rings is 1. The van der Waals surface area contributed by atoms with Crippen LogP contribution in [0.3, 0.4) is 0 Å². The lowest BCUT2D eigenvalue weighted by Crippen LogP contribution is -2.49. The van der Waals surface area contributed by atoms with Crippen molar-refractivity contribution in [2.75, 3.05) is 13.1 Å². The number of hydrogen-bond acceptors (Lipinski definition) is 4. The number of ether oxygens (including phenoxy) is 1. The highest BCUT2D eigenvalue weighted by atomic mass is 16.6. The van der Waals surface area contributed by atoms with Gasteiger partial charge in [-0.15, -0.1) is 0 Å². The summed E-state index contributed by atoms with van der Waals surface area (Å²) >= 11 is 0. The van der Waals surface area contributed by atoms with E-state index in [-0.39, 0.29) is 19.1 Å². The van der Waals surface area contributed by atoms with Crippen LogP contribution < -0.4 is 0 Å². The first-order valence-electron chi connectivity index (χ1n) is 6.27. The van der Waals surface area contributed by atoms with Crippen molar-refractivity contribution in [1.29, 1.82) is 0 Å². The first-order chi connectivity index (χ1) is 8.72. The molecule has 94 valence electrons. The standard InChI is InChI=1S/C14H15NO3/c16-13-8-15(9-14(17)18-13)12-6-5-10-3-1-2-4-11(10)7-12/h1-4,12H,5-9H2. The van der Waals surface area contributed by atoms with Crippen LogP contribution >= 0.6 is 0 Å². The molecule has 0 N–H and O–H groups in total. The summed E-state index contributed by atoms with van der Waals surface area (Å²) in [5.74, 6) is -0.852. The zero-order valence-electron chi connectivity index (χ0n) is 10.1. The molecule has 1 aliphatic carbocycles. The Kier molecular flexibility index (Phi) is 2.88. The van der Waals surface area contributed by atoms with Gasteiger partial charge in [0.2, 0.25) is 0 Å². The van der Waals surface area contributed by atoms with Crippen molar-refractivity contribution in [3.63, 3.8) is 0 Å². The number of cyclic esters (lactones) is 2. The van der Waals surface area contributed by atoms with E-state index >= 15 is 0 Å². The fraction of sp³-hybridized carbons (Fsp3) is 0.429. The summed E-state index contributed by atoms with van der Waals surface area (Å²) in [4.78, 5) is 24.5. The molecule has 0 aromatic heterocycles. The summed E-state index contributed by atoms with van der Waals surface area (Å²) in [6.07, 6.45) is 2.93. The molecule has 1 aliphatic heterocycles. The number of carbonyl (C=O) groups excluding carboxylic acids is 2. The lowest BCUT2D eigenvalue weighted by molar-refractivity contribution is -0.168. The van der Waals surface area contributed by atoms with Gasteiger partial charge in [-0.3, -0.25) is 14.5 Å². The largest absolute Gasteiger partial charge is 0.391 e. The summed E-state index contributed by atoms with van der Waals surface area (Å²) < 4.78 is 4.56. The predicted octanol–water partition coefficient (Wildman–Crippen LogP) is 0.929. The molecule has 3 rings (SSSR count). The van der Waals surface area contributed by atoms with Crippen LogP contribution in [0.5, 0.6) is 0 Å². The van der Waals surface area contributed by atoms with E-state index in [1.54, 1.807) is 0 Å². The number of rotatable bonds is 1. The smallest absolute Gasteiger partial charge is 0.327 e. The van der Waals surface area contributed by atoms with Crippen molar-refractivity contribution in [3.8, 4) is 0 Å². The first kappa shape index (κ1) is 11.4. The van der Waals surface area contributed by atoms with Crippen molar-refractivity contribution < 1.29 is 14.3 Å². The van der Waals surface area contributed by atoms with E-state index < -0.39 is 11.9 Å². The van der Waals surface area contributed by atoms with Gasteiger partial charge in [0, 0.05) is 6.04 Å². The van der Waals surface area contributed by atoms with Crippen LogP contribution in [0.15, 0.2) is 24.3 Å². The molecule has 1 heterocycles. The molecule has 0 amide bonds. The number of aryl methyl sites for hydroxylation is 1. The predicted molar refractivity (Wildman–Crippen MR) is 64.9 cm³/mol. The molecule has 1 atom stereocenters. The van der Waals surface area contributed by atoms with E-state index in [0.29, 0.717) is 0 Å². The van der Waals surface area contributed by atoms with Gasteiger partial charge in [0.05, 0.1) is 13.1 Å². The molecule has 1 saturated heterocycles. The topological polar surface area (TPSA) is 46.6 Å². The highest BCUT2D eigenvalue weighted by Gasteiger charge is 2.31. The third kappa shape index (κ3) is 2.16. The Balaban J connectivity index is 1.75. The third-order valence-electron chi connectivity index (χ3n) is 3.73. The summed E-state index contributed by atoms with van der Waals surface area (Å²) in [6.45, 7) is 0.469. The second-order valence-corrected chi connectivity index (χ2v) is 4.92. The van der Waals surface area contributed by atoms with Crippen LogP contribution in [0.25, 0.3) is 0 Å². The van der Waals surface area contributed by atoms with Gasteiger partial charge in [-0.1, -0.05) is 24.3 Å². The Morgan fingerprint density at radius 2 is 1.72 bits per heavy atom. The Morgan fingerprint density at radius 1 is 1.06 bits per heavy atom. The second kappa shape index (κ2) is 4.53. The average molecular weight is 245 g/mol. The highest BCUT2D eigenvalue weighted by Crippen LogP contribution is 2.25. The van der Waals surface area contributed by atoms with Crippen LogP contribution in [0, 0.1) is 0 Å². The maximum Gasteiger partial charge on any atom is 0.327 e. The average Bonchev–Trinajstić information content (AvgIpc) is 2.37. The maximum atomic E-state index is 11.3. The molecule has 18 heavy (non-hydrogen) atoms. The number of fused-ring (bicyclic) bond motifs is 1. The lowest BCUT2D eigenvalue weighted by Gasteiger charge is -2.35. The van der Waals surface area contributed by atoms with E-state index in [4.69, 9.17) is 0 Å². The van der Waals surface area contributed by atoms with Gasteiger partial charge >= 0.3 is 11.9 Å². The van der Waals surface area contributed by atoms with Crippen LogP contribution in [0.1, 0.15) is 17.5 Å². The third-order valence-corrected chi connectivity index (χ3v) is 3.73. The normalized spacial score (nSPS) is 24.6. The first-order valence-corrected chi connectivity index (χ1v) is 6.27. The SMILES string of the molecule is O=C1CN(C2CCc3ccccc3C2)CC(=O)O1. The zero-order chi connectivity index (χ0) is 12.5. The summed E-state index contributed by atoms with van der Waals surface area (Å²) in [6, 6.07) is 8.65. The van der Waals surface area contributed by atoms with Gasteiger partial charge in [0.1, 0.15) is 0 Å². The molecular formula is C14H15NO3. The van der Waals surface area contributed by atoms with E-state index in [1.807, 2.05) is 11.0 Å². The minimum atomic E-state index is -0.426. The Morgan fingerprint density at radius 3 is 2.44 bits per heavy atom. The van der Waals surface area contributed by atoms with Gasteiger partial charge in [0.15, 0.2) is 0 Å². The minimum Gasteiger partial charge on any atom is -0.391 e. The number of hydrogen-bond donors (Lipinski definition) is 0.